The lowest BCUT2D eigenvalue weighted by molar-refractivity contribution is -0.127. The Balaban J connectivity index is 4.28. The highest BCUT2D eigenvalue weighted by Gasteiger charge is 2.22. The lowest BCUT2D eigenvalue weighted by Crippen LogP contribution is -2.52. The van der Waals surface area contributed by atoms with Gasteiger partial charge in [0.1, 0.15) is 0 Å². The number of nitrogens with zero attached hydrogens (tertiary/aromatic N) is 1. The average Bonchev–Trinajstić information content (AvgIpc) is 2.17. The van der Waals surface area contributed by atoms with Gasteiger partial charge < -0.3 is 11.1 Å². The van der Waals surface area contributed by atoms with E-state index in [9.17, 15) is 4.79 Å². The van der Waals surface area contributed by atoms with Gasteiger partial charge in [0.15, 0.2) is 0 Å². The monoisotopic (exact) mass is 215 g/mol. The van der Waals surface area contributed by atoms with E-state index in [1.807, 2.05) is 13.8 Å². The van der Waals surface area contributed by atoms with Crippen molar-refractivity contribution in [2.24, 2.45) is 5.73 Å². The summed E-state index contributed by atoms with van der Waals surface area (Å²) in [7, 11) is 0. The van der Waals surface area contributed by atoms with Crippen LogP contribution in [0.5, 0.6) is 0 Å². The van der Waals surface area contributed by atoms with E-state index in [0.29, 0.717) is 6.04 Å². The molecule has 4 heteroatoms. The van der Waals surface area contributed by atoms with E-state index in [4.69, 9.17) is 5.73 Å². The van der Waals surface area contributed by atoms with Gasteiger partial charge in [0, 0.05) is 6.04 Å². The standard InChI is InChI=1S/C11H25N3O/c1-6-10(12)13-11(15)9(5)14(7-2)8(3)4/h8-10H,6-7,12H2,1-5H3,(H,13,15)/t9-,10?/m0/s1. The van der Waals surface area contributed by atoms with Crippen LogP contribution < -0.4 is 11.1 Å². The summed E-state index contributed by atoms with van der Waals surface area (Å²) in [6.45, 7) is 11.0. The second-order valence-corrected chi connectivity index (χ2v) is 4.12. The fraction of sp³-hybridized carbons (Fsp3) is 0.909. The van der Waals surface area contributed by atoms with Crippen molar-refractivity contribution in [1.29, 1.82) is 0 Å². The highest BCUT2D eigenvalue weighted by atomic mass is 16.2. The molecule has 0 saturated heterocycles. The maximum atomic E-state index is 11.8. The van der Waals surface area contributed by atoms with E-state index in [1.54, 1.807) is 0 Å². The van der Waals surface area contributed by atoms with Crippen LogP contribution in [0, 0.1) is 0 Å². The molecule has 0 aliphatic heterocycles. The Morgan fingerprint density at radius 1 is 1.33 bits per heavy atom. The molecule has 3 N–H and O–H groups in total. The van der Waals surface area contributed by atoms with Crippen LogP contribution in [0.15, 0.2) is 0 Å². The molecular weight excluding hydrogens is 190 g/mol. The van der Waals surface area contributed by atoms with Crippen molar-refractivity contribution in [3.05, 3.63) is 0 Å². The summed E-state index contributed by atoms with van der Waals surface area (Å²) in [5.74, 6) is 0.0138. The largest absolute Gasteiger partial charge is 0.340 e. The molecule has 0 aromatic carbocycles. The van der Waals surface area contributed by atoms with Crippen molar-refractivity contribution in [2.45, 2.75) is 59.3 Å². The molecule has 0 aliphatic rings. The van der Waals surface area contributed by atoms with Crippen molar-refractivity contribution < 1.29 is 4.79 Å². The third-order valence-corrected chi connectivity index (χ3v) is 2.67. The average molecular weight is 215 g/mol. The predicted molar refractivity (Wildman–Crippen MR) is 63.4 cm³/mol. The maximum absolute atomic E-state index is 11.8. The molecule has 1 unspecified atom stereocenters. The normalized spacial score (nSPS) is 15.5. The van der Waals surface area contributed by atoms with Crippen molar-refractivity contribution in [3.8, 4) is 0 Å². The lowest BCUT2D eigenvalue weighted by atomic mass is 10.2. The van der Waals surface area contributed by atoms with Crippen LogP contribution in [0.3, 0.4) is 0 Å². The molecule has 0 fully saturated rings. The van der Waals surface area contributed by atoms with Gasteiger partial charge in [-0.3, -0.25) is 9.69 Å². The van der Waals surface area contributed by atoms with Gasteiger partial charge in [-0.15, -0.1) is 0 Å². The number of rotatable bonds is 6. The molecule has 0 aliphatic carbocycles. The number of carbonyl (C=O) groups excluding carboxylic acids is 1. The minimum absolute atomic E-state index is 0.0138. The second-order valence-electron chi connectivity index (χ2n) is 4.12. The summed E-state index contributed by atoms with van der Waals surface area (Å²) in [6, 6.07) is 0.251. The topological polar surface area (TPSA) is 58.4 Å². The summed E-state index contributed by atoms with van der Waals surface area (Å²) in [5, 5.41) is 2.80. The molecule has 2 atom stereocenters. The maximum Gasteiger partial charge on any atom is 0.238 e. The lowest BCUT2D eigenvalue weighted by Gasteiger charge is -2.31. The first-order chi connectivity index (χ1) is 6.93. The summed E-state index contributed by atoms with van der Waals surface area (Å²) in [6.07, 6.45) is 0.525. The smallest absolute Gasteiger partial charge is 0.238 e. The summed E-state index contributed by atoms with van der Waals surface area (Å²) in [5.41, 5.74) is 5.68. The van der Waals surface area contributed by atoms with Gasteiger partial charge in [0.25, 0.3) is 0 Å². The fourth-order valence-corrected chi connectivity index (χ4v) is 1.64. The van der Waals surface area contributed by atoms with Crippen molar-refractivity contribution in [1.82, 2.24) is 10.2 Å². The van der Waals surface area contributed by atoms with E-state index in [0.717, 1.165) is 13.0 Å². The second kappa shape index (κ2) is 6.80. The molecule has 0 bridgehead atoms. The van der Waals surface area contributed by atoms with Gasteiger partial charge in [-0.25, -0.2) is 0 Å². The molecule has 0 heterocycles. The highest BCUT2D eigenvalue weighted by molar-refractivity contribution is 5.81. The van der Waals surface area contributed by atoms with Crippen LogP contribution in [-0.2, 0) is 4.79 Å². The Morgan fingerprint density at radius 3 is 2.20 bits per heavy atom. The van der Waals surface area contributed by atoms with Crippen LogP contribution in [0.1, 0.15) is 41.0 Å². The van der Waals surface area contributed by atoms with Crippen LogP contribution in [-0.4, -0.2) is 35.6 Å². The first kappa shape index (κ1) is 14.4. The quantitative estimate of drug-likeness (QED) is 0.648. The zero-order valence-corrected chi connectivity index (χ0v) is 10.6. The summed E-state index contributed by atoms with van der Waals surface area (Å²) < 4.78 is 0. The van der Waals surface area contributed by atoms with Crippen LogP contribution in [0.4, 0.5) is 0 Å². The van der Waals surface area contributed by atoms with Gasteiger partial charge >= 0.3 is 0 Å². The molecule has 0 aromatic rings. The summed E-state index contributed by atoms with van der Waals surface area (Å²) in [4.78, 5) is 13.9. The minimum atomic E-state index is -0.231. The SMILES string of the molecule is CCC(N)NC(=O)[C@H](C)N(CC)C(C)C. The molecule has 1 amide bonds. The first-order valence-corrected chi connectivity index (χ1v) is 5.75. The zero-order valence-electron chi connectivity index (χ0n) is 10.6. The molecule has 90 valence electrons. The number of hydrogen-bond donors (Lipinski definition) is 2. The number of nitrogens with two attached hydrogens (primary N) is 1. The van der Waals surface area contributed by atoms with E-state index in [1.165, 1.54) is 0 Å². The molecular formula is C11H25N3O. The molecule has 4 nitrogen and oxygen atoms in total. The van der Waals surface area contributed by atoms with Crippen molar-refractivity contribution >= 4 is 5.91 Å². The zero-order chi connectivity index (χ0) is 12.0. The molecule has 0 aromatic heterocycles. The van der Waals surface area contributed by atoms with Crippen LogP contribution in [0.25, 0.3) is 0 Å². The first-order valence-electron chi connectivity index (χ1n) is 5.75. The van der Waals surface area contributed by atoms with E-state index < -0.39 is 0 Å². The third kappa shape index (κ3) is 4.62. The fourth-order valence-electron chi connectivity index (χ4n) is 1.64. The van der Waals surface area contributed by atoms with Gasteiger partial charge in [0.05, 0.1) is 12.2 Å². The Morgan fingerprint density at radius 2 is 1.87 bits per heavy atom. The summed E-state index contributed by atoms with van der Waals surface area (Å²) >= 11 is 0. The van der Waals surface area contributed by atoms with Gasteiger partial charge in [0.2, 0.25) is 5.91 Å². The van der Waals surface area contributed by atoms with Crippen LogP contribution in [0.2, 0.25) is 0 Å². The van der Waals surface area contributed by atoms with Crippen LogP contribution >= 0.6 is 0 Å². The minimum Gasteiger partial charge on any atom is -0.340 e. The number of hydrogen-bond acceptors (Lipinski definition) is 3. The number of nitrogens with one attached hydrogen (secondary N) is 1. The van der Waals surface area contributed by atoms with E-state index in [2.05, 4.69) is 31.0 Å². The number of likely N-dealkylation sites (N-methyl/N-ethyl adjacent to an activating group) is 1. The third-order valence-electron chi connectivity index (χ3n) is 2.67. The highest BCUT2D eigenvalue weighted by Crippen LogP contribution is 2.05. The number of carbonyl (C=O) groups is 1. The Labute approximate surface area is 93.2 Å². The Hall–Kier alpha value is -0.610. The molecule has 15 heavy (non-hydrogen) atoms. The Kier molecular flexibility index (Phi) is 6.52. The predicted octanol–water partition coefficient (Wildman–Crippen LogP) is 0.916. The molecule has 0 radical (unpaired) electrons. The van der Waals surface area contributed by atoms with Gasteiger partial charge in [-0.1, -0.05) is 13.8 Å². The molecule has 0 spiro atoms. The van der Waals surface area contributed by atoms with E-state index in [-0.39, 0.29) is 18.1 Å². The number of amides is 1. The van der Waals surface area contributed by atoms with Crippen molar-refractivity contribution in [2.75, 3.05) is 6.54 Å². The van der Waals surface area contributed by atoms with Gasteiger partial charge in [-0.05, 0) is 33.7 Å². The Bertz CT molecular complexity index is 194. The van der Waals surface area contributed by atoms with Crippen molar-refractivity contribution in [3.63, 3.8) is 0 Å². The van der Waals surface area contributed by atoms with E-state index >= 15 is 0 Å². The molecule has 0 rings (SSSR count). The molecule has 0 saturated carbocycles. The van der Waals surface area contributed by atoms with Gasteiger partial charge in [-0.2, -0.15) is 0 Å².